The zero-order valence-electron chi connectivity index (χ0n) is 11.6. The molecule has 1 amide bonds. The van der Waals surface area contributed by atoms with Gasteiger partial charge in [0, 0.05) is 6.61 Å². The summed E-state index contributed by atoms with van der Waals surface area (Å²) >= 11 is 0. The fourth-order valence-corrected chi connectivity index (χ4v) is 3.02. The molecule has 2 atom stereocenters. The third kappa shape index (κ3) is 2.55. The number of nitrogens with one attached hydrogen (secondary N) is 1. The predicted octanol–water partition coefficient (Wildman–Crippen LogP) is 1.83. The Bertz CT molecular complexity index is 514. The van der Waals surface area contributed by atoms with Gasteiger partial charge in [-0.05, 0) is 37.5 Å². The number of hydrogen-bond donors (Lipinski definition) is 1. The monoisotopic (exact) mass is 278 g/mol. The minimum atomic E-state index is -0.285. The molecule has 20 heavy (non-hydrogen) atoms. The first-order valence-electron chi connectivity index (χ1n) is 7.00. The van der Waals surface area contributed by atoms with Crippen LogP contribution in [0.4, 0.5) is 4.39 Å². The molecule has 0 aromatic heterocycles. The van der Waals surface area contributed by atoms with E-state index in [2.05, 4.69) is 5.32 Å². The lowest BCUT2D eigenvalue weighted by molar-refractivity contribution is -0.131. The molecule has 1 aromatic carbocycles. The van der Waals surface area contributed by atoms with Crippen molar-refractivity contribution in [3.63, 3.8) is 0 Å². The first kappa shape index (κ1) is 13.5. The summed E-state index contributed by atoms with van der Waals surface area (Å²) in [5, 5.41) is 3.15. The summed E-state index contributed by atoms with van der Waals surface area (Å²) in [5.41, 5.74) is 0.491. The summed E-state index contributed by atoms with van der Waals surface area (Å²) in [6, 6.07) is 6.39. The zero-order chi connectivity index (χ0) is 14.2. The molecule has 0 radical (unpaired) electrons. The van der Waals surface area contributed by atoms with Crippen LogP contribution in [0.15, 0.2) is 24.3 Å². The van der Waals surface area contributed by atoms with Gasteiger partial charge in [-0.1, -0.05) is 12.1 Å². The van der Waals surface area contributed by atoms with Crippen LogP contribution < -0.4 is 5.32 Å². The molecule has 1 aromatic rings. The summed E-state index contributed by atoms with van der Waals surface area (Å²) in [7, 11) is 0. The number of halogens is 1. The first-order valence-corrected chi connectivity index (χ1v) is 7.00. The highest BCUT2D eigenvalue weighted by molar-refractivity contribution is 5.81. The third-order valence-corrected chi connectivity index (χ3v) is 4.05. The van der Waals surface area contributed by atoms with E-state index in [4.69, 9.17) is 4.74 Å². The Hall–Kier alpha value is -1.46. The molecule has 2 saturated heterocycles. The van der Waals surface area contributed by atoms with E-state index in [0.717, 1.165) is 25.0 Å². The summed E-state index contributed by atoms with van der Waals surface area (Å²) in [6.07, 6.45) is 1.71. The molecule has 2 unspecified atom stereocenters. The second-order valence-corrected chi connectivity index (χ2v) is 5.76. The number of nitrogens with zero attached hydrogens (tertiary/aromatic N) is 1. The van der Waals surface area contributed by atoms with Gasteiger partial charge >= 0.3 is 0 Å². The van der Waals surface area contributed by atoms with Gasteiger partial charge in [-0.25, -0.2) is 4.39 Å². The minimum Gasteiger partial charge on any atom is -0.373 e. The van der Waals surface area contributed by atoms with Crippen molar-refractivity contribution in [1.82, 2.24) is 10.2 Å². The lowest BCUT2D eigenvalue weighted by Gasteiger charge is -2.32. The average molecular weight is 278 g/mol. The molecular formula is C15H19FN2O2. The van der Waals surface area contributed by atoms with Crippen LogP contribution in [0.3, 0.4) is 0 Å². The highest BCUT2D eigenvalue weighted by Gasteiger charge is 2.39. The van der Waals surface area contributed by atoms with E-state index in [0.29, 0.717) is 6.54 Å². The number of benzene rings is 1. The Morgan fingerprint density at radius 3 is 3.10 bits per heavy atom. The number of rotatable bonds is 3. The van der Waals surface area contributed by atoms with Gasteiger partial charge in [0.15, 0.2) is 0 Å². The molecule has 1 N–H and O–H groups in total. The Labute approximate surface area is 117 Å². The molecule has 0 saturated carbocycles. The van der Waals surface area contributed by atoms with Crippen LogP contribution in [0.25, 0.3) is 0 Å². The van der Waals surface area contributed by atoms with E-state index < -0.39 is 0 Å². The van der Waals surface area contributed by atoms with E-state index in [1.165, 1.54) is 12.1 Å². The number of ether oxygens (including phenoxy) is 1. The van der Waals surface area contributed by atoms with Gasteiger partial charge in [0.1, 0.15) is 12.0 Å². The zero-order valence-corrected chi connectivity index (χ0v) is 11.6. The molecule has 0 bridgehead atoms. The topological polar surface area (TPSA) is 41.6 Å². The van der Waals surface area contributed by atoms with Crippen LogP contribution in [-0.2, 0) is 9.53 Å². The number of hydrogen-bond acceptors (Lipinski definition) is 3. The quantitative estimate of drug-likeness (QED) is 0.917. The molecule has 2 heterocycles. The van der Waals surface area contributed by atoms with Gasteiger partial charge in [0.2, 0.25) is 5.91 Å². The highest BCUT2D eigenvalue weighted by Crippen LogP contribution is 2.31. The van der Waals surface area contributed by atoms with Gasteiger partial charge in [0.05, 0.1) is 18.7 Å². The highest BCUT2D eigenvalue weighted by atomic mass is 19.1. The van der Waals surface area contributed by atoms with Crippen molar-refractivity contribution < 1.29 is 13.9 Å². The van der Waals surface area contributed by atoms with Gasteiger partial charge in [-0.3, -0.25) is 10.1 Å². The van der Waals surface area contributed by atoms with Crippen molar-refractivity contribution in [2.75, 3.05) is 19.7 Å². The van der Waals surface area contributed by atoms with Gasteiger partial charge in [-0.2, -0.15) is 0 Å². The van der Waals surface area contributed by atoms with Crippen molar-refractivity contribution in [1.29, 1.82) is 0 Å². The molecule has 2 fully saturated rings. The molecule has 5 heteroatoms. The Balaban J connectivity index is 1.81. The van der Waals surface area contributed by atoms with Crippen molar-refractivity contribution in [2.45, 2.75) is 31.5 Å². The molecule has 0 aliphatic carbocycles. The second kappa shape index (κ2) is 5.14. The number of carbonyl (C=O) groups is 1. The largest absolute Gasteiger partial charge is 0.373 e. The van der Waals surface area contributed by atoms with E-state index >= 15 is 0 Å². The summed E-state index contributed by atoms with van der Waals surface area (Å²) < 4.78 is 19.1. The van der Waals surface area contributed by atoms with E-state index in [1.807, 2.05) is 13.0 Å². The van der Waals surface area contributed by atoms with Gasteiger partial charge in [-0.15, -0.1) is 0 Å². The van der Waals surface area contributed by atoms with Crippen LogP contribution in [0.5, 0.6) is 0 Å². The van der Waals surface area contributed by atoms with Crippen molar-refractivity contribution in [3.05, 3.63) is 35.6 Å². The van der Waals surface area contributed by atoms with Crippen molar-refractivity contribution in [2.24, 2.45) is 0 Å². The maximum absolute atomic E-state index is 13.4. The lowest BCUT2D eigenvalue weighted by atomic mass is 10.0. The molecule has 2 aliphatic rings. The fraction of sp³-hybridized carbons (Fsp3) is 0.533. The molecule has 2 aliphatic heterocycles. The van der Waals surface area contributed by atoms with E-state index in [9.17, 15) is 9.18 Å². The Morgan fingerprint density at radius 2 is 2.40 bits per heavy atom. The minimum absolute atomic E-state index is 0.0380. The Kier molecular flexibility index (Phi) is 3.48. The van der Waals surface area contributed by atoms with Crippen LogP contribution in [0, 0.1) is 5.82 Å². The molecular weight excluding hydrogens is 259 g/mol. The van der Waals surface area contributed by atoms with E-state index in [-0.39, 0.29) is 30.0 Å². The van der Waals surface area contributed by atoms with Gasteiger partial charge in [0.25, 0.3) is 0 Å². The van der Waals surface area contributed by atoms with Crippen LogP contribution in [0.2, 0.25) is 0 Å². The normalized spacial score (nSPS) is 30.2. The number of amides is 1. The molecule has 0 spiro atoms. The Morgan fingerprint density at radius 1 is 1.55 bits per heavy atom. The average Bonchev–Trinajstić information content (AvgIpc) is 2.98. The molecule has 4 nitrogen and oxygen atoms in total. The van der Waals surface area contributed by atoms with Crippen molar-refractivity contribution >= 4 is 5.91 Å². The van der Waals surface area contributed by atoms with Crippen LogP contribution in [0.1, 0.15) is 31.5 Å². The van der Waals surface area contributed by atoms with Crippen LogP contribution >= 0.6 is 0 Å². The third-order valence-electron chi connectivity index (χ3n) is 4.05. The molecule has 108 valence electrons. The maximum Gasteiger partial charge on any atom is 0.238 e. The first-order chi connectivity index (χ1) is 9.57. The predicted molar refractivity (Wildman–Crippen MR) is 72.4 cm³/mol. The summed E-state index contributed by atoms with van der Waals surface area (Å²) in [6.45, 7) is 3.61. The SMILES string of the molecule is CC1(CN2C(=O)CNC2c2cccc(F)c2)CCCO1. The lowest BCUT2D eigenvalue weighted by Crippen LogP contribution is -2.43. The molecule has 3 rings (SSSR count). The summed E-state index contributed by atoms with van der Waals surface area (Å²) in [4.78, 5) is 13.9. The maximum atomic E-state index is 13.4. The number of carbonyl (C=O) groups excluding carboxylic acids is 1. The second-order valence-electron chi connectivity index (χ2n) is 5.76. The smallest absolute Gasteiger partial charge is 0.238 e. The standard InChI is InChI=1S/C15H19FN2O2/c1-15(6-3-7-20-15)10-18-13(19)9-17-14(18)11-4-2-5-12(16)8-11/h2,4-5,8,14,17H,3,6-7,9-10H2,1H3. The van der Waals surface area contributed by atoms with Crippen molar-refractivity contribution in [3.8, 4) is 0 Å². The fourth-order valence-electron chi connectivity index (χ4n) is 3.02. The van der Waals surface area contributed by atoms with Crippen LogP contribution in [-0.4, -0.2) is 36.1 Å². The van der Waals surface area contributed by atoms with E-state index in [1.54, 1.807) is 11.0 Å². The summed E-state index contributed by atoms with van der Waals surface area (Å²) in [5.74, 6) is -0.247. The van der Waals surface area contributed by atoms with Gasteiger partial charge < -0.3 is 9.64 Å².